The van der Waals surface area contributed by atoms with Crippen LogP contribution in [0, 0.1) is 0 Å². The van der Waals surface area contributed by atoms with Crippen molar-refractivity contribution in [2.24, 2.45) is 0 Å². The van der Waals surface area contributed by atoms with Crippen molar-refractivity contribution >= 4 is 16.9 Å². The molecule has 0 amide bonds. The molecule has 0 spiro atoms. The van der Waals surface area contributed by atoms with Crippen molar-refractivity contribution < 1.29 is 14.3 Å². The molecule has 0 aliphatic rings. The minimum Gasteiger partial charge on any atom is -0.476 e. The summed E-state index contributed by atoms with van der Waals surface area (Å²) in [5, 5.41) is 13.8. The molecule has 0 saturated heterocycles. The zero-order chi connectivity index (χ0) is 13.4. The van der Waals surface area contributed by atoms with Crippen molar-refractivity contribution in [1.82, 2.24) is 14.8 Å². The highest BCUT2D eigenvalue weighted by Crippen LogP contribution is 2.25. The lowest BCUT2D eigenvalue weighted by Crippen LogP contribution is -2.01. The van der Waals surface area contributed by atoms with Gasteiger partial charge in [0.25, 0.3) is 0 Å². The van der Waals surface area contributed by atoms with Gasteiger partial charge in [0.05, 0.1) is 11.7 Å². The highest BCUT2D eigenvalue weighted by molar-refractivity contribution is 6.02. The molecule has 6 nitrogen and oxygen atoms in total. The molecule has 3 rings (SSSR count). The van der Waals surface area contributed by atoms with E-state index in [9.17, 15) is 4.79 Å². The molecular formula is C13H11N3O3. The molecule has 3 aromatic rings. The van der Waals surface area contributed by atoms with Crippen molar-refractivity contribution in [3.8, 4) is 11.5 Å². The summed E-state index contributed by atoms with van der Waals surface area (Å²) in [6.45, 7) is 2.51. The van der Waals surface area contributed by atoms with Gasteiger partial charge >= 0.3 is 5.97 Å². The summed E-state index contributed by atoms with van der Waals surface area (Å²) < 4.78 is 6.90. The topological polar surface area (TPSA) is 81.2 Å². The minimum absolute atomic E-state index is 0.0656. The number of carboxylic acid groups (broad SMARTS) is 1. The first-order chi connectivity index (χ1) is 9.20. The van der Waals surface area contributed by atoms with Gasteiger partial charge in [-0.2, -0.15) is 5.10 Å². The zero-order valence-corrected chi connectivity index (χ0v) is 10.2. The monoisotopic (exact) mass is 257 g/mol. The average molecular weight is 257 g/mol. The van der Waals surface area contributed by atoms with Crippen LogP contribution in [0.15, 0.2) is 35.1 Å². The molecule has 2 heterocycles. The van der Waals surface area contributed by atoms with Gasteiger partial charge in [-0.1, -0.05) is 0 Å². The third-order valence-electron chi connectivity index (χ3n) is 2.93. The number of aryl methyl sites for hydroxylation is 1. The van der Waals surface area contributed by atoms with Crippen molar-refractivity contribution in [2.75, 3.05) is 0 Å². The SMILES string of the molecule is CCn1nc(C(=O)O)c2ccc(-c3ncco3)cc21. The van der Waals surface area contributed by atoms with E-state index in [-0.39, 0.29) is 5.69 Å². The Balaban J connectivity index is 2.25. The van der Waals surface area contributed by atoms with Gasteiger partial charge in [-0.15, -0.1) is 0 Å². The summed E-state index contributed by atoms with van der Waals surface area (Å²) in [6, 6.07) is 5.35. The standard InChI is InChI=1S/C13H11N3O3/c1-2-16-10-7-8(12-14-5-6-19-12)3-4-9(10)11(15-16)13(17)18/h3-7H,2H2,1H3,(H,17,18). The third kappa shape index (κ3) is 1.77. The highest BCUT2D eigenvalue weighted by atomic mass is 16.4. The number of aromatic carboxylic acids is 1. The van der Waals surface area contributed by atoms with Crippen LogP contribution in [-0.2, 0) is 6.54 Å². The van der Waals surface area contributed by atoms with Crippen LogP contribution in [0.2, 0.25) is 0 Å². The van der Waals surface area contributed by atoms with Crippen LogP contribution < -0.4 is 0 Å². The van der Waals surface area contributed by atoms with Crippen LogP contribution in [0.3, 0.4) is 0 Å². The number of hydrogen-bond acceptors (Lipinski definition) is 4. The Morgan fingerprint density at radius 2 is 2.32 bits per heavy atom. The number of fused-ring (bicyclic) bond motifs is 1. The summed E-state index contributed by atoms with van der Waals surface area (Å²) in [5.74, 6) is -0.524. The summed E-state index contributed by atoms with van der Waals surface area (Å²) in [5.41, 5.74) is 1.62. The Labute approximate surface area is 108 Å². The van der Waals surface area contributed by atoms with E-state index < -0.39 is 5.97 Å². The molecule has 1 aromatic carbocycles. The van der Waals surface area contributed by atoms with E-state index in [1.807, 2.05) is 13.0 Å². The Kier molecular flexibility index (Phi) is 2.56. The van der Waals surface area contributed by atoms with Crippen LogP contribution in [0.4, 0.5) is 0 Å². The number of aromatic nitrogens is 3. The maximum absolute atomic E-state index is 11.2. The second-order valence-electron chi connectivity index (χ2n) is 4.04. The van der Waals surface area contributed by atoms with Gasteiger partial charge in [0.2, 0.25) is 5.89 Å². The Morgan fingerprint density at radius 1 is 1.47 bits per heavy atom. The van der Waals surface area contributed by atoms with Crippen molar-refractivity contribution in [3.63, 3.8) is 0 Å². The van der Waals surface area contributed by atoms with Gasteiger partial charge in [-0.3, -0.25) is 4.68 Å². The molecule has 0 fully saturated rings. The summed E-state index contributed by atoms with van der Waals surface area (Å²) in [7, 11) is 0. The lowest BCUT2D eigenvalue weighted by Gasteiger charge is -2.00. The molecule has 0 unspecified atom stereocenters. The van der Waals surface area contributed by atoms with E-state index in [2.05, 4.69) is 10.1 Å². The maximum Gasteiger partial charge on any atom is 0.357 e. The maximum atomic E-state index is 11.2. The van der Waals surface area contributed by atoms with Crippen LogP contribution in [-0.4, -0.2) is 25.8 Å². The summed E-state index contributed by atoms with van der Waals surface area (Å²) in [6.07, 6.45) is 3.07. The number of hydrogen-bond donors (Lipinski definition) is 1. The van der Waals surface area contributed by atoms with Crippen LogP contribution in [0.5, 0.6) is 0 Å². The molecule has 0 bridgehead atoms. The third-order valence-corrected chi connectivity index (χ3v) is 2.93. The van der Waals surface area contributed by atoms with Crippen molar-refractivity contribution in [1.29, 1.82) is 0 Å². The molecule has 0 radical (unpaired) electrons. The Hall–Kier alpha value is -2.63. The van der Waals surface area contributed by atoms with Gasteiger partial charge in [-0.05, 0) is 25.1 Å². The number of nitrogens with zero attached hydrogens (tertiary/aromatic N) is 3. The fourth-order valence-corrected chi connectivity index (χ4v) is 2.07. The number of oxazole rings is 1. The van der Waals surface area contributed by atoms with E-state index in [1.54, 1.807) is 23.0 Å². The predicted octanol–water partition coefficient (Wildman–Crippen LogP) is 2.41. The molecule has 0 aliphatic carbocycles. The van der Waals surface area contributed by atoms with E-state index in [0.717, 1.165) is 11.1 Å². The molecule has 96 valence electrons. The molecule has 0 atom stereocenters. The molecular weight excluding hydrogens is 246 g/mol. The molecule has 2 aromatic heterocycles. The van der Waals surface area contributed by atoms with E-state index in [4.69, 9.17) is 9.52 Å². The Morgan fingerprint density at radius 3 is 2.95 bits per heavy atom. The van der Waals surface area contributed by atoms with Crippen molar-refractivity contribution in [2.45, 2.75) is 13.5 Å². The highest BCUT2D eigenvalue weighted by Gasteiger charge is 2.16. The molecule has 0 aliphatic heterocycles. The number of carboxylic acids is 1. The predicted molar refractivity (Wildman–Crippen MR) is 67.9 cm³/mol. The van der Waals surface area contributed by atoms with Gasteiger partial charge in [-0.25, -0.2) is 9.78 Å². The van der Waals surface area contributed by atoms with Gasteiger partial charge in [0.1, 0.15) is 6.26 Å². The quantitative estimate of drug-likeness (QED) is 0.779. The largest absolute Gasteiger partial charge is 0.476 e. The fraction of sp³-hybridized carbons (Fsp3) is 0.154. The number of carbonyl (C=O) groups is 1. The van der Waals surface area contributed by atoms with Crippen molar-refractivity contribution in [3.05, 3.63) is 36.4 Å². The van der Waals surface area contributed by atoms with Gasteiger partial charge in [0, 0.05) is 17.5 Å². The molecule has 19 heavy (non-hydrogen) atoms. The second kappa shape index (κ2) is 4.24. The lowest BCUT2D eigenvalue weighted by atomic mass is 10.1. The van der Waals surface area contributed by atoms with Gasteiger partial charge in [0.15, 0.2) is 5.69 Å². The summed E-state index contributed by atoms with van der Waals surface area (Å²) >= 11 is 0. The van der Waals surface area contributed by atoms with Crippen LogP contribution in [0.25, 0.3) is 22.4 Å². The van der Waals surface area contributed by atoms with E-state index >= 15 is 0 Å². The molecule has 0 saturated carbocycles. The first kappa shape index (κ1) is 11.5. The Bertz CT molecular complexity index is 744. The second-order valence-corrected chi connectivity index (χ2v) is 4.04. The fourth-order valence-electron chi connectivity index (χ4n) is 2.07. The average Bonchev–Trinajstić information content (AvgIpc) is 3.05. The minimum atomic E-state index is -1.03. The van der Waals surface area contributed by atoms with Gasteiger partial charge < -0.3 is 9.52 Å². The first-order valence-corrected chi connectivity index (χ1v) is 5.84. The zero-order valence-electron chi connectivity index (χ0n) is 10.2. The number of benzene rings is 1. The van der Waals surface area contributed by atoms with Crippen LogP contribution in [0.1, 0.15) is 17.4 Å². The smallest absolute Gasteiger partial charge is 0.357 e. The van der Waals surface area contributed by atoms with E-state index in [0.29, 0.717) is 17.8 Å². The summed E-state index contributed by atoms with van der Waals surface area (Å²) in [4.78, 5) is 15.2. The first-order valence-electron chi connectivity index (χ1n) is 5.84. The molecule has 1 N–H and O–H groups in total. The lowest BCUT2D eigenvalue weighted by molar-refractivity contribution is 0.0691. The molecule has 6 heteroatoms. The number of rotatable bonds is 3. The normalized spacial score (nSPS) is 11.0. The van der Waals surface area contributed by atoms with E-state index in [1.165, 1.54) is 6.26 Å². The van der Waals surface area contributed by atoms with Crippen LogP contribution >= 0.6 is 0 Å².